The van der Waals surface area contributed by atoms with Crippen LogP contribution in [0.25, 0.3) is 0 Å². The molecule has 0 bridgehead atoms. The summed E-state index contributed by atoms with van der Waals surface area (Å²) in [5.74, 6) is 0.838. The standard InChI is InChI=1S/C14H20/c1-11-6-8-13(9-7-11)14(3)10-4-5-12(14)2/h6-9,12H,4-5,10H2,1-3H3. The van der Waals surface area contributed by atoms with E-state index in [4.69, 9.17) is 0 Å². The molecular formula is C14H20. The van der Waals surface area contributed by atoms with Crippen molar-refractivity contribution in [3.8, 4) is 0 Å². The van der Waals surface area contributed by atoms with E-state index in [0.29, 0.717) is 5.41 Å². The molecule has 1 saturated carbocycles. The third-order valence-corrected chi connectivity index (χ3v) is 4.13. The molecule has 1 aliphatic rings. The maximum atomic E-state index is 2.43. The van der Waals surface area contributed by atoms with Crippen LogP contribution in [0.5, 0.6) is 0 Å². The molecule has 1 aromatic carbocycles. The molecule has 0 heteroatoms. The highest BCUT2D eigenvalue weighted by atomic mass is 14.4. The molecular weight excluding hydrogens is 168 g/mol. The molecule has 0 heterocycles. The zero-order valence-corrected chi connectivity index (χ0v) is 9.51. The van der Waals surface area contributed by atoms with E-state index < -0.39 is 0 Å². The zero-order valence-electron chi connectivity index (χ0n) is 9.51. The molecule has 0 radical (unpaired) electrons. The van der Waals surface area contributed by atoms with Crippen LogP contribution in [0.15, 0.2) is 24.3 Å². The van der Waals surface area contributed by atoms with Gasteiger partial charge in [0.05, 0.1) is 0 Å². The highest BCUT2D eigenvalue weighted by Crippen LogP contribution is 2.44. The first kappa shape index (κ1) is 9.76. The summed E-state index contributed by atoms with van der Waals surface area (Å²) in [4.78, 5) is 0. The van der Waals surface area contributed by atoms with Crippen molar-refractivity contribution in [2.75, 3.05) is 0 Å². The first-order valence-corrected chi connectivity index (χ1v) is 5.70. The van der Waals surface area contributed by atoms with E-state index in [0.717, 1.165) is 5.92 Å². The molecule has 2 atom stereocenters. The summed E-state index contributed by atoms with van der Waals surface area (Å²) in [6, 6.07) is 9.12. The van der Waals surface area contributed by atoms with Gasteiger partial charge in [0.25, 0.3) is 0 Å². The molecule has 0 saturated heterocycles. The second-order valence-corrected chi connectivity index (χ2v) is 5.08. The van der Waals surface area contributed by atoms with Crippen molar-refractivity contribution >= 4 is 0 Å². The Morgan fingerprint density at radius 1 is 1.21 bits per heavy atom. The van der Waals surface area contributed by atoms with Crippen molar-refractivity contribution < 1.29 is 0 Å². The summed E-state index contributed by atoms with van der Waals surface area (Å²) in [6.07, 6.45) is 4.15. The zero-order chi connectivity index (χ0) is 10.2. The van der Waals surface area contributed by atoms with Crippen LogP contribution in [0, 0.1) is 12.8 Å². The van der Waals surface area contributed by atoms with Crippen LogP contribution in [-0.2, 0) is 5.41 Å². The SMILES string of the molecule is Cc1ccc(C2(C)CCCC2C)cc1. The number of hydrogen-bond donors (Lipinski definition) is 0. The molecule has 76 valence electrons. The number of aryl methyl sites for hydroxylation is 1. The summed E-state index contributed by atoms with van der Waals surface area (Å²) < 4.78 is 0. The predicted octanol–water partition coefficient (Wildman–Crippen LogP) is 4.07. The quantitative estimate of drug-likeness (QED) is 0.623. The maximum Gasteiger partial charge on any atom is -0.00497 e. The maximum absolute atomic E-state index is 2.43. The molecule has 0 aliphatic heterocycles. The first-order valence-electron chi connectivity index (χ1n) is 5.70. The van der Waals surface area contributed by atoms with Gasteiger partial charge in [-0.15, -0.1) is 0 Å². The van der Waals surface area contributed by atoms with E-state index >= 15 is 0 Å². The minimum Gasteiger partial charge on any atom is -0.0617 e. The fourth-order valence-corrected chi connectivity index (χ4v) is 2.70. The lowest BCUT2D eigenvalue weighted by Gasteiger charge is -2.30. The van der Waals surface area contributed by atoms with Crippen molar-refractivity contribution in [3.63, 3.8) is 0 Å². The summed E-state index contributed by atoms with van der Waals surface area (Å²) >= 11 is 0. The lowest BCUT2D eigenvalue weighted by atomic mass is 9.75. The smallest absolute Gasteiger partial charge is 0.00497 e. The Balaban J connectivity index is 2.34. The van der Waals surface area contributed by atoms with Crippen LogP contribution in [-0.4, -0.2) is 0 Å². The van der Waals surface area contributed by atoms with E-state index in [1.165, 1.54) is 30.4 Å². The van der Waals surface area contributed by atoms with Gasteiger partial charge in [0.2, 0.25) is 0 Å². The third kappa shape index (κ3) is 1.47. The van der Waals surface area contributed by atoms with Gasteiger partial charge in [0.15, 0.2) is 0 Å². The van der Waals surface area contributed by atoms with E-state index in [9.17, 15) is 0 Å². The van der Waals surface area contributed by atoms with Crippen molar-refractivity contribution in [2.45, 2.75) is 45.4 Å². The second-order valence-electron chi connectivity index (χ2n) is 5.08. The number of benzene rings is 1. The minimum atomic E-state index is 0.438. The van der Waals surface area contributed by atoms with Gasteiger partial charge in [0, 0.05) is 0 Å². The van der Waals surface area contributed by atoms with Crippen LogP contribution in [0.1, 0.15) is 44.2 Å². The van der Waals surface area contributed by atoms with Gasteiger partial charge in [-0.05, 0) is 36.7 Å². The van der Waals surface area contributed by atoms with Crippen molar-refractivity contribution in [1.82, 2.24) is 0 Å². The topological polar surface area (TPSA) is 0 Å². The molecule has 2 unspecified atom stereocenters. The minimum absolute atomic E-state index is 0.438. The van der Waals surface area contributed by atoms with Gasteiger partial charge in [0.1, 0.15) is 0 Å². The highest BCUT2D eigenvalue weighted by Gasteiger charge is 2.36. The first-order chi connectivity index (χ1) is 6.63. The number of rotatable bonds is 1. The third-order valence-electron chi connectivity index (χ3n) is 4.13. The second kappa shape index (κ2) is 3.42. The number of hydrogen-bond acceptors (Lipinski definition) is 0. The van der Waals surface area contributed by atoms with Crippen molar-refractivity contribution in [1.29, 1.82) is 0 Å². The van der Waals surface area contributed by atoms with Gasteiger partial charge < -0.3 is 0 Å². The summed E-state index contributed by atoms with van der Waals surface area (Å²) in [7, 11) is 0. The average Bonchev–Trinajstić information content (AvgIpc) is 2.49. The average molecular weight is 188 g/mol. The van der Waals surface area contributed by atoms with Gasteiger partial charge in [-0.1, -0.05) is 50.1 Å². The molecule has 0 spiro atoms. The van der Waals surface area contributed by atoms with E-state index in [1.54, 1.807) is 0 Å². The monoisotopic (exact) mass is 188 g/mol. The molecule has 0 aromatic heterocycles. The van der Waals surface area contributed by atoms with Crippen molar-refractivity contribution in [3.05, 3.63) is 35.4 Å². The summed E-state index contributed by atoms with van der Waals surface area (Å²) in [6.45, 7) is 6.98. The van der Waals surface area contributed by atoms with E-state index in [2.05, 4.69) is 45.0 Å². The predicted molar refractivity (Wildman–Crippen MR) is 61.5 cm³/mol. The lowest BCUT2D eigenvalue weighted by molar-refractivity contribution is 0.371. The molecule has 1 aromatic rings. The van der Waals surface area contributed by atoms with Gasteiger partial charge >= 0.3 is 0 Å². The van der Waals surface area contributed by atoms with Crippen LogP contribution in [0.2, 0.25) is 0 Å². The normalized spacial score (nSPS) is 32.1. The summed E-state index contributed by atoms with van der Waals surface area (Å²) in [5, 5.41) is 0. The Hall–Kier alpha value is -0.780. The van der Waals surface area contributed by atoms with Crippen molar-refractivity contribution in [2.24, 2.45) is 5.92 Å². The van der Waals surface area contributed by atoms with Gasteiger partial charge in [-0.2, -0.15) is 0 Å². The molecule has 0 N–H and O–H groups in total. The highest BCUT2D eigenvalue weighted by molar-refractivity contribution is 5.29. The van der Waals surface area contributed by atoms with Crippen LogP contribution in [0.4, 0.5) is 0 Å². The van der Waals surface area contributed by atoms with Gasteiger partial charge in [-0.3, -0.25) is 0 Å². The van der Waals surface area contributed by atoms with Crippen LogP contribution < -0.4 is 0 Å². The molecule has 1 fully saturated rings. The largest absolute Gasteiger partial charge is 0.0617 e. The fourth-order valence-electron chi connectivity index (χ4n) is 2.70. The Bertz CT molecular complexity index is 309. The fraction of sp³-hybridized carbons (Fsp3) is 0.571. The molecule has 0 nitrogen and oxygen atoms in total. The Labute approximate surface area is 87.3 Å². The Morgan fingerprint density at radius 3 is 2.36 bits per heavy atom. The van der Waals surface area contributed by atoms with Crippen LogP contribution in [0.3, 0.4) is 0 Å². The molecule has 0 amide bonds. The summed E-state index contributed by atoms with van der Waals surface area (Å²) in [5.41, 5.74) is 3.34. The molecule has 14 heavy (non-hydrogen) atoms. The Morgan fingerprint density at radius 2 is 1.86 bits per heavy atom. The molecule has 1 aliphatic carbocycles. The molecule has 2 rings (SSSR count). The van der Waals surface area contributed by atoms with E-state index in [1.807, 2.05) is 0 Å². The van der Waals surface area contributed by atoms with Crippen LogP contribution >= 0.6 is 0 Å². The van der Waals surface area contributed by atoms with Gasteiger partial charge in [-0.25, -0.2) is 0 Å². The lowest BCUT2D eigenvalue weighted by Crippen LogP contribution is -2.24. The van der Waals surface area contributed by atoms with E-state index in [-0.39, 0.29) is 0 Å². The Kier molecular flexibility index (Phi) is 2.38.